The maximum absolute atomic E-state index is 13.1. The van der Waals surface area contributed by atoms with Gasteiger partial charge in [-0.2, -0.15) is 0 Å². The van der Waals surface area contributed by atoms with E-state index in [1.807, 2.05) is 19.9 Å². The van der Waals surface area contributed by atoms with Gasteiger partial charge in [-0.3, -0.25) is 19.8 Å². The highest BCUT2D eigenvalue weighted by Gasteiger charge is 2.23. The molecular weight excluding hydrogens is 518 g/mol. The minimum atomic E-state index is -3.92. The minimum Gasteiger partial charge on any atom is -0.330 e. The third-order valence-corrected chi connectivity index (χ3v) is 6.59. The third kappa shape index (κ3) is 8.21. The molecule has 39 heavy (non-hydrogen) atoms. The normalized spacial score (nSPS) is 11.2. The molecule has 2 amide bonds. The Kier molecular flexibility index (Phi) is 9.94. The molecule has 3 aromatic rings. The molecule has 0 aliphatic rings. The van der Waals surface area contributed by atoms with Crippen LogP contribution in [0.25, 0.3) is 11.1 Å². The number of sulfonamides is 1. The average molecular weight is 552 g/mol. The van der Waals surface area contributed by atoms with Crippen molar-refractivity contribution in [1.29, 1.82) is 5.41 Å². The van der Waals surface area contributed by atoms with Gasteiger partial charge in [0.2, 0.25) is 10.0 Å². The molecule has 0 atom stereocenters. The predicted octanol–water partition coefficient (Wildman–Crippen LogP) is 3.49. The van der Waals surface area contributed by atoms with Gasteiger partial charge in [-0.15, -0.1) is 0 Å². The summed E-state index contributed by atoms with van der Waals surface area (Å²) in [6.07, 6.45) is 0. The van der Waals surface area contributed by atoms with E-state index < -0.39 is 21.8 Å². The lowest BCUT2D eigenvalue weighted by Crippen LogP contribution is -2.41. The highest BCUT2D eigenvalue weighted by Crippen LogP contribution is 2.27. The van der Waals surface area contributed by atoms with Crippen molar-refractivity contribution in [3.63, 3.8) is 0 Å². The van der Waals surface area contributed by atoms with Crippen molar-refractivity contribution in [3.8, 4) is 11.1 Å². The van der Waals surface area contributed by atoms with Crippen LogP contribution in [-0.4, -0.2) is 44.1 Å². The average Bonchev–Trinajstić information content (AvgIpc) is 2.90. The summed E-state index contributed by atoms with van der Waals surface area (Å²) < 4.78 is 23.9. The van der Waals surface area contributed by atoms with Crippen molar-refractivity contribution >= 4 is 33.4 Å². The van der Waals surface area contributed by atoms with Gasteiger partial charge in [0.1, 0.15) is 5.84 Å². The number of hydrogen-bond acceptors (Lipinski definition) is 6. The largest absolute Gasteiger partial charge is 0.330 e. The first-order valence-corrected chi connectivity index (χ1v) is 13.9. The highest BCUT2D eigenvalue weighted by atomic mass is 32.2. The van der Waals surface area contributed by atoms with Crippen LogP contribution in [0.3, 0.4) is 0 Å². The van der Waals surface area contributed by atoms with Gasteiger partial charge in [0.15, 0.2) is 0 Å². The topological polar surface area (TPSA) is 155 Å². The lowest BCUT2D eigenvalue weighted by Gasteiger charge is -2.24. The Morgan fingerprint density at radius 2 is 1.72 bits per heavy atom. The summed E-state index contributed by atoms with van der Waals surface area (Å²) in [6, 6.07) is 20.0. The molecule has 3 aromatic carbocycles. The first-order chi connectivity index (χ1) is 18.5. The fourth-order valence-corrected chi connectivity index (χ4v) is 4.68. The van der Waals surface area contributed by atoms with Crippen molar-refractivity contribution in [1.82, 2.24) is 10.4 Å². The standard InChI is InChI=1S/C28H33N5O5S/c1-4-38-32-26(29)22-9-7-8-20(16-22)18-33(17-19(2)3)28(35)27(34)31-23-14-12-21(13-15-23)24-10-5-6-11-25(24)39(30,36)37/h5-16,19H,4,17-18H2,1-3H3,(H2,29,32)(H,31,34)(H2,30,36,37). The molecule has 5 N–H and O–H groups in total. The number of nitrogens with one attached hydrogen (secondary N) is 3. The van der Waals surface area contributed by atoms with E-state index in [4.69, 9.17) is 15.4 Å². The quantitative estimate of drug-likeness (QED) is 0.131. The molecule has 0 aromatic heterocycles. The lowest BCUT2D eigenvalue weighted by molar-refractivity contribution is -0.143. The zero-order valence-electron chi connectivity index (χ0n) is 22.1. The van der Waals surface area contributed by atoms with E-state index >= 15 is 0 Å². The fourth-order valence-electron chi connectivity index (χ4n) is 3.92. The summed E-state index contributed by atoms with van der Waals surface area (Å²) >= 11 is 0. The second-order valence-corrected chi connectivity index (χ2v) is 10.8. The smallest absolute Gasteiger partial charge is 0.313 e. The zero-order valence-corrected chi connectivity index (χ0v) is 22.9. The van der Waals surface area contributed by atoms with Crippen LogP contribution in [-0.2, 0) is 31.0 Å². The first-order valence-electron chi connectivity index (χ1n) is 12.4. The molecule has 0 saturated heterocycles. The lowest BCUT2D eigenvalue weighted by atomic mass is 10.1. The molecule has 0 radical (unpaired) electrons. The number of primary sulfonamides is 1. The maximum Gasteiger partial charge on any atom is 0.313 e. The molecule has 3 rings (SSSR count). The van der Waals surface area contributed by atoms with Crippen molar-refractivity contribution in [3.05, 3.63) is 83.9 Å². The molecule has 0 aliphatic heterocycles. The summed E-state index contributed by atoms with van der Waals surface area (Å²) in [5, 5.41) is 16.1. The van der Waals surface area contributed by atoms with Crippen LogP contribution < -0.4 is 15.9 Å². The Balaban J connectivity index is 1.74. The maximum atomic E-state index is 13.1. The van der Waals surface area contributed by atoms with Crippen molar-refractivity contribution in [2.24, 2.45) is 11.1 Å². The molecule has 0 saturated carbocycles. The Morgan fingerprint density at radius 3 is 2.36 bits per heavy atom. The van der Waals surface area contributed by atoms with Crippen LogP contribution in [0.5, 0.6) is 0 Å². The van der Waals surface area contributed by atoms with Crippen LogP contribution in [0.4, 0.5) is 5.69 Å². The summed E-state index contributed by atoms with van der Waals surface area (Å²) in [6.45, 7) is 6.65. The molecule has 0 fully saturated rings. The number of nitrogens with two attached hydrogens (primary N) is 1. The van der Waals surface area contributed by atoms with Gasteiger partial charge >= 0.3 is 11.8 Å². The van der Waals surface area contributed by atoms with E-state index in [0.29, 0.717) is 35.5 Å². The van der Waals surface area contributed by atoms with Crippen LogP contribution >= 0.6 is 0 Å². The molecule has 0 bridgehead atoms. The van der Waals surface area contributed by atoms with Gasteiger partial charge in [-0.05, 0) is 48.2 Å². The fraction of sp³-hybridized carbons (Fsp3) is 0.250. The van der Waals surface area contributed by atoms with E-state index in [0.717, 1.165) is 5.56 Å². The van der Waals surface area contributed by atoms with Crippen molar-refractivity contribution in [2.75, 3.05) is 18.5 Å². The van der Waals surface area contributed by atoms with Gasteiger partial charge in [0, 0.05) is 29.9 Å². The highest BCUT2D eigenvalue weighted by molar-refractivity contribution is 7.89. The van der Waals surface area contributed by atoms with E-state index in [1.165, 1.54) is 11.0 Å². The van der Waals surface area contributed by atoms with Crippen molar-refractivity contribution < 1.29 is 22.8 Å². The van der Waals surface area contributed by atoms with Gasteiger partial charge in [0.05, 0.1) is 11.5 Å². The van der Waals surface area contributed by atoms with Gasteiger partial charge in [-0.25, -0.2) is 19.0 Å². The molecule has 0 aliphatic carbocycles. The monoisotopic (exact) mass is 551 g/mol. The minimum absolute atomic E-state index is 0.00540. The summed E-state index contributed by atoms with van der Waals surface area (Å²) in [4.78, 5) is 32.6. The zero-order chi connectivity index (χ0) is 28.6. The number of amidine groups is 1. The van der Waals surface area contributed by atoms with E-state index in [9.17, 15) is 18.0 Å². The van der Waals surface area contributed by atoms with Crippen LogP contribution in [0.1, 0.15) is 31.9 Å². The molecule has 206 valence electrons. The Labute approximate surface area is 228 Å². The molecule has 0 unspecified atom stereocenters. The van der Waals surface area contributed by atoms with Gasteiger partial charge < -0.3 is 10.2 Å². The second kappa shape index (κ2) is 13.1. The molecule has 10 nitrogen and oxygen atoms in total. The Morgan fingerprint density at radius 1 is 1.03 bits per heavy atom. The number of hydroxylamine groups is 1. The summed E-state index contributed by atoms with van der Waals surface area (Å²) in [5.41, 5.74) is 5.31. The van der Waals surface area contributed by atoms with Crippen LogP contribution in [0.2, 0.25) is 0 Å². The predicted molar refractivity (Wildman–Crippen MR) is 150 cm³/mol. The number of anilines is 1. The summed E-state index contributed by atoms with van der Waals surface area (Å²) in [5.74, 6) is -1.29. The van der Waals surface area contributed by atoms with Crippen LogP contribution in [0, 0.1) is 11.3 Å². The third-order valence-electron chi connectivity index (χ3n) is 5.62. The van der Waals surface area contributed by atoms with Crippen molar-refractivity contribution in [2.45, 2.75) is 32.2 Å². The van der Waals surface area contributed by atoms with E-state index in [2.05, 4.69) is 10.8 Å². The first kappa shape index (κ1) is 29.5. The molecule has 0 spiro atoms. The number of amides is 2. The Bertz CT molecular complexity index is 1440. The number of carbonyl (C=O) groups is 2. The van der Waals surface area contributed by atoms with Gasteiger partial charge in [-0.1, -0.05) is 62.4 Å². The number of hydrogen-bond donors (Lipinski definition) is 4. The SMILES string of the molecule is CCONC(=N)c1cccc(CN(CC(C)C)C(=O)C(=O)Nc2ccc(-c3ccccc3S(N)(=O)=O)cc2)c1. The van der Waals surface area contributed by atoms with E-state index in [-0.39, 0.29) is 23.2 Å². The number of carbonyl (C=O) groups excluding carboxylic acids is 2. The second-order valence-electron chi connectivity index (χ2n) is 9.26. The number of rotatable bonds is 10. The summed E-state index contributed by atoms with van der Waals surface area (Å²) in [7, 11) is -3.92. The Hall–Kier alpha value is -4.06. The molecule has 11 heteroatoms. The van der Waals surface area contributed by atoms with Crippen LogP contribution in [0.15, 0.2) is 77.7 Å². The van der Waals surface area contributed by atoms with Gasteiger partial charge in [0.25, 0.3) is 0 Å². The van der Waals surface area contributed by atoms with E-state index in [1.54, 1.807) is 67.6 Å². The molecular formula is C28H33N5O5S. The molecule has 0 heterocycles. The number of benzene rings is 3. The number of nitrogens with zero attached hydrogens (tertiary/aromatic N) is 1.